The highest BCUT2D eigenvalue weighted by molar-refractivity contribution is 5.91. The first-order valence-corrected chi connectivity index (χ1v) is 8.05. The zero-order valence-corrected chi connectivity index (χ0v) is 14.2. The molecule has 0 radical (unpaired) electrons. The van der Waals surface area contributed by atoms with Crippen molar-refractivity contribution < 1.29 is 18.7 Å². The van der Waals surface area contributed by atoms with Crippen molar-refractivity contribution in [2.45, 2.75) is 13.8 Å². The highest BCUT2D eigenvalue weighted by Gasteiger charge is 2.11. The lowest BCUT2D eigenvalue weighted by Crippen LogP contribution is -2.20. The molecule has 0 spiro atoms. The van der Waals surface area contributed by atoms with E-state index in [0.717, 1.165) is 22.4 Å². The minimum Gasteiger partial charge on any atom is -0.491 e. The van der Waals surface area contributed by atoms with Gasteiger partial charge in [-0.2, -0.15) is 4.98 Å². The van der Waals surface area contributed by atoms with Gasteiger partial charge in [-0.1, -0.05) is 24.3 Å². The van der Waals surface area contributed by atoms with E-state index in [0.29, 0.717) is 18.8 Å². The molecule has 0 aliphatic carbocycles. The Bertz CT molecular complexity index is 858. The Morgan fingerprint density at radius 1 is 1.16 bits per heavy atom. The molecule has 3 rings (SSSR count). The minimum absolute atomic E-state index is 0.0884. The molecule has 1 aromatic heterocycles. The molecule has 1 heterocycles. The predicted molar refractivity (Wildman–Crippen MR) is 94.9 cm³/mol. The number of ether oxygens (including phenoxy) is 2. The number of oxazole rings is 1. The fourth-order valence-corrected chi connectivity index (χ4v) is 2.49. The fraction of sp³-hybridized carbons (Fsp3) is 0.263. The summed E-state index contributed by atoms with van der Waals surface area (Å²) in [5.41, 5.74) is 3.48. The number of aromatic nitrogens is 1. The summed E-state index contributed by atoms with van der Waals surface area (Å²) in [6.07, 6.45) is 0. The summed E-state index contributed by atoms with van der Waals surface area (Å²) in [6, 6.07) is 13.5. The van der Waals surface area contributed by atoms with Crippen molar-refractivity contribution in [2.24, 2.45) is 0 Å². The van der Waals surface area contributed by atoms with E-state index in [2.05, 4.69) is 10.3 Å². The summed E-state index contributed by atoms with van der Waals surface area (Å²) in [7, 11) is 0. The van der Waals surface area contributed by atoms with Crippen LogP contribution in [0, 0.1) is 13.8 Å². The van der Waals surface area contributed by atoms with Crippen LogP contribution in [0.3, 0.4) is 0 Å². The molecular formula is C19H20N2O4. The molecular weight excluding hydrogens is 320 g/mol. The Morgan fingerprint density at radius 3 is 2.76 bits per heavy atom. The number of nitrogens with one attached hydrogen (secondary N) is 1. The molecule has 2 aromatic carbocycles. The van der Waals surface area contributed by atoms with Crippen LogP contribution in [0.2, 0.25) is 0 Å². The standard InChI is InChI=1S/C19H20N2O4/c1-13-10-14(2)18-16(11-13)20-19(25-18)21-17(22)12-23-8-9-24-15-6-4-3-5-7-15/h3-7,10-11H,8-9,12H2,1-2H3,(H,20,21,22). The van der Waals surface area contributed by atoms with E-state index in [1.54, 1.807) is 0 Å². The van der Waals surface area contributed by atoms with E-state index in [4.69, 9.17) is 13.9 Å². The van der Waals surface area contributed by atoms with Crippen LogP contribution in [-0.4, -0.2) is 30.7 Å². The summed E-state index contributed by atoms with van der Waals surface area (Å²) in [4.78, 5) is 16.2. The lowest BCUT2D eigenvalue weighted by molar-refractivity contribution is -0.120. The SMILES string of the molecule is Cc1cc(C)c2oc(NC(=O)COCCOc3ccccc3)nc2c1. The minimum atomic E-state index is -0.319. The zero-order valence-electron chi connectivity index (χ0n) is 14.2. The summed E-state index contributed by atoms with van der Waals surface area (Å²) in [5.74, 6) is 0.452. The monoisotopic (exact) mass is 340 g/mol. The smallest absolute Gasteiger partial charge is 0.302 e. The lowest BCUT2D eigenvalue weighted by atomic mass is 10.1. The number of carbonyl (C=O) groups excluding carboxylic acids is 1. The lowest BCUT2D eigenvalue weighted by Gasteiger charge is -2.06. The van der Waals surface area contributed by atoms with Crippen LogP contribution in [-0.2, 0) is 9.53 Å². The van der Waals surface area contributed by atoms with Crippen molar-refractivity contribution in [3.8, 4) is 5.75 Å². The van der Waals surface area contributed by atoms with Crippen LogP contribution in [0.25, 0.3) is 11.1 Å². The molecule has 130 valence electrons. The van der Waals surface area contributed by atoms with Crippen molar-refractivity contribution in [3.05, 3.63) is 53.6 Å². The largest absolute Gasteiger partial charge is 0.491 e. The third-order valence-electron chi connectivity index (χ3n) is 3.54. The van der Waals surface area contributed by atoms with Gasteiger partial charge in [-0.3, -0.25) is 10.1 Å². The van der Waals surface area contributed by atoms with Gasteiger partial charge in [0.1, 0.15) is 24.5 Å². The van der Waals surface area contributed by atoms with Gasteiger partial charge < -0.3 is 13.9 Å². The van der Waals surface area contributed by atoms with Crippen molar-refractivity contribution in [1.29, 1.82) is 0 Å². The van der Waals surface area contributed by atoms with Gasteiger partial charge in [-0.05, 0) is 43.2 Å². The van der Waals surface area contributed by atoms with E-state index in [-0.39, 0.29) is 18.5 Å². The average molecular weight is 340 g/mol. The van der Waals surface area contributed by atoms with Crippen LogP contribution in [0.1, 0.15) is 11.1 Å². The molecule has 25 heavy (non-hydrogen) atoms. The van der Waals surface area contributed by atoms with E-state index >= 15 is 0 Å². The van der Waals surface area contributed by atoms with E-state index < -0.39 is 0 Å². The number of benzene rings is 2. The Morgan fingerprint density at radius 2 is 1.96 bits per heavy atom. The molecule has 1 amide bonds. The van der Waals surface area contributed by atoms with E-state index in [1.165, 1.54) is 0 Å². The molecule has 0 unspecified atom stereocenters. The molecule has 0 fully saturated rings. The summed E-state index contributed by atoms with van der Waals surface area (Å²) < 4.78 is 16.4. The average Bonchev–Trinajstić information content (AvgIpc) is 2.98. The topological polar surface area (TPSA) is 73.6 Å². The molecule has 0 aliphatic heterocycles. The van der Waals surface area contributed by atoms with Gasteiger partial charge in [0, 0.05) is 0 Å². The Kier molecular flexibility index (Phi) is 5.30. The second kappa shape index (κ2) is 7.81. The van der Waals surface area contributed by atoms with Crippen molar-refractivity contribution in [3.63, 3.8) is 0 Å². The maximum Gasteiger partial charge on any atom is 0.302 e. The number of para-hydroxylation sites is 1. The summed E-state index contributed by atoms with van der Waals surface area (Å²) in [6.45, 7) is 4.54. The number of nitrogens with zero attached hydrogens (tertiary/aromatic N) is 1. The Balaban J connectivity index is 1.44. The number of hydrogen-bond acceptors (Lipinski definition) is 5. The Hall–Kier alpha value is -2.86. The normalized spacial score (nSPS) is 10.8. The number of carbonyl (C=O) groups is 1. The zero-order chi connectivity index (χ0) is 17.6. The first-order chi connectivity index (χ1) is 12.1. The van der Waals surface area contributed by atoms with Crippen molar-refractivity contribution in [1.82, 2.24) is 4.98 Å². The fourth-order valence-electron chi connectivity index (χ4n) is 2.49. The third kappa shape index (κ3) is 4.58. The molecule has 6 heteroatoms. The Labute approximate surface area is 145 Å². The van der Waals surface area contributed by atoms with Gasteiger partial charge in [-0.25, -0.2) is 0 Å². The quantitative estimate of drug-likeness (QED) is 0.667. The number of rotatable bonds is 7. The van der Waals surface area contributed by atoms with Gasteiger partial charge in [0.15, 0.2) is 5.58 Å². The number of fused-ring (bicyclic) bond motifs is 1. The molecule has 0 saturated heterocycles. The number of aryl methyl sites for hydroxylation is 2. The van der Waals surface area contributed by atoms with Crippen LogP contribution < -0.4 is 10.1 Å². The number of anilines is 1. The summed E-state index contributed by atoms with van der Waals surface area (Å²) in [5, 5.41) is 2.60. The van der Waals surface area contributed by atoms with Crippen LogP contribution in [0.5, 0.6) is 5.75 Å². The second-order valence-electron chi connectivity index (χ2n) is 5.71. The van der Waals surface area contributed by atoms with E-state index in [1.807, 2.05) is 56.3 Å². The molecule has 0 bridgehead atoms. The van der Waals surface area contributed by atoms with Crippen LogP contribution >= 0.6 is 0 Å². The van der Waals surface area contributed by atoms with Gasteiger partial charge >= 0.3 is 6.01 Å². The number of amides is 1. The highest BCUT2D eigenvalue weighted by Crippen LogP contribution is 2.23. The van der Waals surface area contributed by atoms with Crippen LogP contribution in [0.15, 0.2) is 46.9 Å². The molecule has 3 aromatic rings. The van der Waals surface area contributed by atoms with Gasteiger partial charge in [0.2, 0.25) is 0 Å². The molecule has 0 saturated carbocycles. The van der Waals surface area contributed by atoms with E-state index in [9.17, 15) is 4.79 Å². The maximum atomic E-state index is 11.9. The predicted octanol–water partition coefficient (Wildman–Crippen LogP) is 3.48. The first kappa shape index (κ1) is 17.0. The second-order valence-corrected chi connectivity index (χ2v) is 5.71. The molecule has 0 aliphatic rings. The van der Waals surface area contributed by atoms with Crippen molar-refractivity contribution >= 4 is 23.0 Å². The molecule has 1 N–H and O–H groups in total. The van der Waals surface area contributed by atoms with Gasteiger partial charge in [0.25, 0.3) is 5.91 Å². The third-order valence-corrected chi connectivity index (χ3v) is 3.54. The van der Waals surface area contributed by atoms with Gasteiger partial charge in [0.05, 0.1) is 6.61 Å². The number of hydrogen-bond donors (Lipinski definition) is 1. The van der Waals surface area contributed by atoms with Crippen molar-refractivity contribution in [2.75, 3.05) is 25.1 Å². The van der Waals surface area contributed by atoms with Gasteiger partial charge in [-0.15, -0.1) is 0 Å². The summed E-state index contributed by atoms with van der Waals surface area (Å²) >= 11 is 0. The maximum absolute atomic E-state index is 11.9. The van der Waals surface area contributed by atoms with Crippen LogP contribution in [0.4, 0.5) is 6.01 Å². The highest BCUT2D eigenvalue weighted by atomic mass is 16.5. The molecule has 6 nitrogen and oxygen atoms in total. The first-order valence-electron chi connectivity index (χ1n) is 8.05. The molecule has 0 atom stereocenters.